The maximum absolute atomic E-state index is 14.0. The van der Waals surface area contributed by atoms with E-state index in [-0.39, 0.29) is 43.1 Å². The maximum Gasteiger partial charge on any atom is 0.451 e. The molecule has 13 heteroatoms. The molecule has 1 aliphatic carbocycles. The highest BCUT2D eigenvalue weighted by molar-refractivity contribution is 8.32. The number of carbonyl (C=O) groups excluding carboxylic acids is 1. The molecule has 1 heterocycles. The molecular weight excluding hydrogens is 595 g/mol. The Kier molecular flexibility index (Phi) is 12.8. The number of halogens is 3. The second-order valence-electron chi connectivity index (χ2n) is 12.9. The molecule has 44 heavy (non-hydrogen) atoms. The highest BCUT2D eigenvalue weighted by atomic mass is 32.3. The van der Waals surface area contributed by atoms with Crippen molar-refractivity contribution in [3.05, 3.63) is 29.6 Å². The predicted octanol–water partition coefficient (Wildman–Crippen LogP) is 6.80. The Hall–Kier alpha value is -2.51. The van der Waals surface area contributed by atoms with Crippen molar-refractivity contribution >= 4 is 33.3 Å². The highest BCUT2D eigenvalue weighted by Crippen LogP contribution is 2.38. The molecule has 3 rings (SSSR count). The summed E-state index contributed by atoms with van der Waals surface area (Å²) in [5.74, 6) is -0.711. The highest BCUT2D eigenvalue weighted by Gasteiger charge is 2.38. The van der Waals surface area contributed by atoms with Gasteiger partial charge in [-0.15, -0.1) is 5.10 Å². The molecule has 0 aliphatic heterocycles. The van der Waals surface area contributed by atoms with Crippen LogP contribution in [-0.4, -0.2) is 84.8 Å². The topological polar surface area (TPSA) is 90.7 Å². The van der Waals surface area contributed by atoms with Gasteiger partial charge in [-0.05, 0) is 74.0 Å². The Labute approximate surface area is 261 Å². The summed E-state index contributed by atoms with van der Waals surface area (Å²) in [6, 6.07) is 6.07. The van der Waals surface area contributed by atoms with E-state index in [2.05, 4.69) is 52.9 Å². The van der Waals surface area contributed by atoms with E-state index in [0.717, 1.165) is 53.9 Å². The van der Waals surface area contributed by atoms with Gasteiger partial charge in [-0.1, -0.05) is 26.8 Å². The molecule has 0 amide bonds. The standard InChI is InChI=1S/C31H50F3N5O4S/c1-21(2)19-38(24-10-12-25(41-4)13-11-24)27-14-9-23(22(3)17-28(40)42-5)18-26(27)35-30-36-29(31(32,33)34)39(37-30)20-43-15-16-44(6,7)8/h9,14,18,21-22,24-25H,10-13,15-17,19-20H2,1-8H3,(H,35,37)/t22-,24-,25-/m1/s1. The number of aromatic nitrogens is 3. The van der Waals surface area contributed by atoms with E-state index >= 15 is 0 Å². The number of benzene rings is 1. The van der Waals surface area contributed by atoms with Crippen LogP contribution >= 0.6 is 10.0 Å². The van der Waals surface area contributed by atoms with Crippen LogP contribution in [0.5, 0.6) is 0 Å². The van der Waals surface area contributed by atoms with E-state index in [1.165, 1.54) is 7.11 Å². The molecule has 1 saturated carbocycles. The van der Waals surface area contributed by atoms with Gasteiger partial charge in [-0.2, -0.15) is 18.2 Å². The third-order valence-corrected chi connectivity index (χ3v) is 9.20. The number of hydrogen-bond donors (Lipinski definition) is 1. The minimum absolute atomic E-state index is 0.171. The fourth-order valence-electron chi connectivity index (χ4n) is 5.37. The first kappa shape index (κ1) is 36.0. The van der Waals surface area contributed by atoms with Crippen molar-refractivity contribution in [3.63, 3.8) is 0 Å². The summed E-state index contributed by atoms with van der Waals surface area (Å²) in [7, 11) is 2.24. The van der Waals surface area contributed by atoms with E-state index in [1.807, 2.05) is 25.1 Å². The Morgan fingerprint density at radius 2 is 1.82 bits per heavy atom. The van der Waals surface area contributed by atoms with Crippen molar-refractivity contribution in [2.45, 2.75) is 83.8 Å². The maximum atomic E-state index is 14.0. The fourth-order valence-corrected chi connectivity index (χ4v) is 5.99. The number of methoxy groups -OCH3 is 2. The number of rotatable bonds is 15. The first-order chi connectivity index (χ1) is 20.6. The molecule has 0 unspecified atom stereocenters. The van der Waals surface area contributed by atoms with E-state index in [1.54, 1.807) is 7.11 Å². The lowest BCUT2D eigenvalue weighted by atomic mass is 9.90. The molecule has 0 radical (unpaired) electrons. The molecule has 0 saturated heterocycles. The van der Waals surface area contributed by atoms with Crippen LogP contribution in [0.25, 0.3) is 0 Å². The van der Waals surface area contributed by atoms with Gasteiger partial charge in [-0.3, -0.25) is 4.79 Å². The molecular formula is C31H50F3N5O4S. The lowest BCUT2D eigenvalue weighted by molar-refractivity contribution is -0.150. The monoisotopic (exact) mass is 645 g/mol. The number of carbonyl (C=O) groups is 1. The fraction of sp³-hybridized carbons (Fsp3) is 0.710. The van der Waals surface area contributed by atoms with Gasteiger partial charge in [-0.25, -0.2) is 14.7 Å². The number of alkyl halides is 3. The second-order valence-corrected chi connectivity index (χ2v) is 17.5. The average molecular weight is 646 g/mol. The molecule has 1 aliphatic rings. The van der Waals surface area contributed by atoms with Gasteiger partial charge >= 0.3 is 12.1 Å². The summed E-state index contributed by atoms with van der Waals surface area (Å²) in [4.78, 5) is 18.2. The van der Waals surface area contributed by atoms with Gasteiger partial charge in [0.15, 0.2) is 0 Å². The molecule has 0 spiro atoms. The average Bonchev–Trinajstić information content (AvgIpc) is 3.36. The van der Waals surface area contributed by atoms with Crippen LogP contribution < -0.4 is 10.2 Å². The van der Waals surface area contributed by atoms with Gasteiger partial charge in [0, 0.05) is 25.4 Å². The number of nitrogens with one attached hydrogen (secondary N) is 1. The predicted molar refractivity (Wildman–Crippen MR) is 171 cm³/mol. The van der Waals surface area contributed by atoms with Crippen molar-refractivity contribution in [2.75, 3.05) is 62.1 Å². The Bertz CT molecular complexity index is 1210. The van der Waals surface area contributed by atoms with E-state index in [9.17, 15) is 18.0 Å². The third kappa shape index (κ3) is 10.5. The third-order valence-electron chi connectivity index (χ3n) is 7.80. The van der Waals surface area contributed by atoms with Gasteiger partial charge in [0.1, 0.15) is 6.73 Å². The van der Waals surface area contributed by atoms with E-state index in [4.69, 9.17) is 14.2 Å². The number of hydrogen-bond acceptors (Lipinski definition) is 8. The molecule has 250 valence electrons. The van der Waals surface area contributed by atoms with Crippen molar-refractivity contribution in [1.29, 1.82) is 0 Å². The van der Waals surface area contributed by atoms with Crippen LogP contribution in [-0.2, 0) is 31.9 Å². The SMILES string of the molecule is COC(=O)C[C@@H](C)c1ccc(N(CC(C)C)[C@H]2CC[C@H](OC)CC2)c(Nc2nc(C(F)(F)F)n(COCCS(C)(C)C)n2)c1. The summed E-state index contributed by atoms with van der Waals surface area (Å²) in [5.41, 5.74) is 2.28. The Balaban J connectivity index is 2.00. The van der Waals surface area contributed by atoms with Crippen LogP contribution in [0.15, 0.2) is 18.2 Å². The van der Waals surface area contributed by atoms with Crippen LogP contribution in [0.3, 0.4) is 0 Å². The smallest absolute Gasteiger partial charge is 0.451 e. The van der Waals surface area contributed by atoms with E-state index in [0.29, 0.717) is 18.2 Å². The largest absolute Gasteiger partial charge is 0.469 e. The zero-order valence-corrected chi connectivity index (χ0v) is 28.2. The molecule has 1 aromatic heterocycles. The zero-order chi connectivity index (χ0) is 32.7. The van der Waals surface area contributed by atoms with Gasteiger partial charge in [0.2, 0.25) is 11.8 Å². The van der Waals surface area contributed by atoms with Gasteiger partial charge in [0.05, 0.1) is 37.6 Å². The van der Waals surface area contributed by atoms with Gasteiger partial charge in [0.25, 0.3) is 0 Å². The molecule has 1 N–H and O–H groups in total. The minimum Gasteiger partial charge on any atom is -0.469 e. The summed E-state index contributed by atoms with van der Waals surface area (Å²) in [5, 5.41) is 7.30. The molecule has 1 fully saturated rings. The first-order valence-corrected chi connectivity index (χ1v) is 18.2. The number of ether oxygens (including phenoxy) is 3. The molecule has 1 atom stereocenters. The van der Waals surface area contributed by atoms with Crippen LogP contribution in [0, 0.1) is 5.92 Å². The summed E-state index contributed by atoms with van der Waals surface area (Å²) >= 11 is 0. The number of esters is 1. The number of anilines is 3. The quantitative estimate of drug-likeness (QED) is 0.167. The zero-order valence-electron chi connectivity index (χ0n) is 27.4. The lowest BCUT2D eigenvalue weighted by Gasteiger charge is -2.40. The summed E-state index contributed by atoms with van der Waals surface area (Å²) < 4.78 is 58.9. The normalized spacial score (nSPS) is 18.7. The summed E-state index contributed by atoms with van der Waals surface area (Å²) in [6.07, 6.45) is 5.80. The van der Waals surface area contributed by atoms with Crippen LogP contribution in [0.4, 0.5) is 30.5 Å². The van der Waals surface area contributed by atoms with Crippen molar-refractivity contribution in [1.82, 2.24) is 14.8 Å². The Morgan fingerprint density at radius 3 is 2.39 bits per heavy atom. The van der Waals surface area contributed by atoms with Crippen LogP contribution in [0.1, 0.15) is 70.2 Å². The van der Waals surface area contributed by atoms with Crippen molar-refractivity contribution in [2.24, 2.45) is 5.92 Å². The second kappa shape index (κ2) is 15.7. The van der Waals surface area contributed by atoms with Gasteiger partial charge < -0.3 is 24.4 Å². The molecule has 2 aromatic rings. The number of nitrogens with zero attached hydrogens (tertiary/aromatic N) is 4. The molecule has 0 bridgehead atoms. The van der Waals surface area contributed by atoms with Crippen molar-refractivity contribution in [3.8, 4) is 0 Å². The van der Waals surface area contributed by atoms with E-state index < -0.39 is 22.0 Å². The minimum atomic E-state index is -4.71. The summed E-state index contributed by atoms with van der Waals surface area (Å²) in [6.45, 7) is 6.94. The molecule has 1 aromatic carbocycles. The van der Waals surface area contributed by atoms with Crippen LogP contribution in [0.2, 0.25) is 0 Å². The lowest BCUT2D eigenvalue weighted by Crippen LogP contribution is -2.41. The Morgan fingerprint density at radius 1 is 1.14 bits per heavy atom. The molecule has 9 nitrogen and oxygen atoms in total. The first-order valence-electron chi connectivity index (χ1n) is 15.1. The van der Waals surface area contributed by atoms with Crippen molar-refractivity contribution < 1.29 is 32.2 Å².